The number of aromatic nitrogens is 2. The van der Waals surface area contributed by atoms with Crippen molar-refractivity contribution in [3.63, 3.8) is 0 Å². The van der Waals surface area contributed by atoms with Gasteiger partial charge >= 0.3 is 0 Å². The smallest absolute Gasteiger partial charge is 0.269 e. The van der Waals surface area contributed by atoms with E-state index < -0.39 is 0 Å². The molecule has 6 nitrogen and oxygen atoms in total. The number of rotatable bonds is 6. The quantitative estimate of drug-likeness (QED) is 0.642. The summed E-state index contributed by atoms with van der Waals surface area (Å²) in [4.78, 5) is 4.31. The van der Waals surface area contributed by atoms with Crippen LogP contribution in [0, 0.1) is 11.3 Å². The van der Waals surface area contributed by atoms with Crippen molar-refractivity contribution in [2.75, 3.05) is 13.7 Å². The Morgan fingerprint density at radius 3 is 2.77 bits per heavy atom. The van der Waals surface area contributed by atoms with Crippen molar-refractivity contribution in [1.29, 1.82) is 5.26 Å². The summed E-state index contributed by atoms with van der Waals surface area (Å²) < 4.78 is 15.8. The fourth-order valence-corrected chi connectivity index (χ4v) is 2.44. The van der Waals surface area contributed by atoms with E-state index in [0.717, 1.165) is 11.1 Å². The zero-order chi connectivity index (χ0) is 18.4. The average molecular weight is 368 g/mol. The zero-order valence-electron chi connectivity index (χ0n) is 13.8. The van der Waals surface area contributed by atoms with E-state index in [1.165, 1.54) is 7.11 Å². The van der Waals surface area contributed by atoms with Gasteiger partial charge in [-0.05, 0) is 23.8 Å². The van der Waals surface area contributed by atoms with Gasteiger partial charge in [-0.15, -0.1) is 0 Å². The van der Waals surface area contributed by atoms with Gasteiger partial charge in [-0.1, -0.05) is 53.2 Å². The summed E-state index contributed by atoms with van der Waals surface area (Å²) in [6, 6.07) is 16.6. The highest BCUT2D eigenvalue weighted by molar-refractivity contribution is 6.50. The molecule has 0 atom stereocenters. The van der Waals surface area contributed by atoms with Crippen molar-refractivity contribution in [2.24, 2.45) is 0 Å². The van der Waals surface area contributed by atoms with Crippen LogP contribution in [0.25, 0.3) is 22.5 Å². The molecule has 3 rings (SSSR count). The molecule has 0 saturated heterocycles. The number of nitrogens with zero attached hydrogens (tertiary/aromatic N) is 3. The van der Waals surface area contributed by atoms with Crippen LogP contribution in [0.2, 0.25) is 0 Å². The Labute approximate surface area is 155 Å². The molecule has 0 amide bonds. The minimum atomic E-state index is -0.0590. The van der Waals surface area contributed by atoms with Crippen LogP contribution in [0.15, 0.2) is 53.1 Å². The van der Waals surface area contributed by atoms with Gasteiger partial charge < -0.3 is 14.0 Å². The molecule has 0 aliphatic carbocycles. The molecule has 0 radical (unpaired) electrons. The first-order chi connectivity index (χ1) is 12.7. The summed E-state index contributed by atoms with van der Waals surface area (Å²) in [7, 11) is 1.52. The van der Waals surface area contributed by atoms with Crippen LogP contribution in [0.1, 0.15) is 11.5 Å². The van der Waals surface area contributed by atoms with Crippen molar-refractivity contribution in [1.82, 2.24) is 10.1 Å². The highest BCUT2D eigenvalue weighted by Gasteiger charge is 2.12. The van der Waals surface area contributed by atoms with Gasteiger partial charge in [0.15, 0.2) is 18.1 Å². The molecule has 130 valence electrons. The van der Waals surface area contributed by atoms with Crippen molar-refractivity contribution in [3.05, 3.63) is 60.0 Å². The molecule has 2 aromatic carbocycles. The second-order valence-electron chi connectivity index (χ2n) is 5.14. The van der Waals surface area contributed by atoms with Gasteiger partial charge in [0, 0.05) is 5.56 Å². The molecule has 1 aromatic heterocycles. The van der Waals surface area contributed by atoms with Crippen molar-refractivity contribution >= 4 is 22.7 Å². The Balaban J connectivity index is 1.84. The SMILES string of the molecule is COc1cc(/C=C(\Cl)c2nc(-c3ccccc3)no2)ccc1OCC#N. The normalized spacial score (nSPS) is 11.0. The maximum atomic E-state index is 8.61. The van der Waals surface area contributed by atoms with Crippen molar-refractivity contribution < 1.29 is 14.0 Å². The fraction of sp³-hybridized carbons (Fsp3) is 0.105. The second kappa shape index (κ2) is 8.19. The molecule has 0 unspecified atom stereocenters. The zero-order valence-corrected chi connectivity index (χ0v) is 14.6. The van der Waals surface area contributed by atoms with E-state index in [1.54, 1.807) is 24.3 Å². The first kappa shape index (κ1) is 17.5. The first-order valence-corrected chi connectivity index (χ1v) is 8.03. The van der Waals surface area contributed by atoms with Gasteiger partial charge in [0.25, 0.3) is 5.89 Å². The summed E-state index contributed by atoms with van der Waals surface area (Å²) in [6.07, 6.45) is 1.68. The van der Waals surface area contributed by atoms with E-state index in [9.17, 15) is 0 Å². The van der Waals surface area contributed by atoms with E-state index in [2.05, 4.69) is 10.1 Å². The monoisotopic (exact) mass is 367 g/mol. The lowest BCUT2D eigenvalue weighted by molar-refractivity contribution is 0.329. The summed E-state index contributed by atoms with van der Waals surface area (Å²) >= 11 is 6.31. The molecule has 0 N–H and O–H groups in total. The summed E-state index contributed by atoms with van der Waals surface area (Å²) in [5.74, 6) is 1.65. The lowest BCUT2D eigenvalue weighted by Gasteiger charge is -2.08. The van der Waals surface area contributed by atoms with Crippen LogP contribution in [0.4, 0.5) is 0 Å². The number of halogens is 1. The van der Waals surface area contributed by atoms with Crippen LogP contribution < -0.4 is 9.47 Å². The molecule has 7 heteroatoms. The Morgan fingerprint density at radius 1 is 1.23 bits per heavy atom. The maximum absolute atomic E-state index is 8.61. The Bertz CT molecular complexity index is 962. The molecule has 0 bridgehead atoms. The summed E-state index contributed by atoms with van der Waals surface area (Å²) in [5, 5.41) is 12.9. The van der Waals surface area contributed by atoms with Crippen LogP contribution in [-0.4, -0.2) is 23.9 Å². The predicted octanol–water partition coefficient (Wildman–Crippen LogP) is 4.38. The molecule has 1 heterocycles. The van der Waals surface area contributed by atoms with Crippen LogP contribution in [0.5, 0.6) is 11.5 Å². The number of nitriles is 1. The highest BCUT2D eigenvalue weighted by Crippen LogP contribution is 2.30. The Morgan fingerprint density at radius 2 is 2.04 bits per heavy atom. The van der Waals surface area contributed by atoms with Gasteiger partial charge in [-0.25, -0.2) is 0 Å². The number of benzene rings is 2. The first-order valence-electron chi connectivity index (χ1n) is 7.65. The molecular weight excluding hydrogens is 354 g/mol. The third kappa shape index (κ3) is 4.02. The van der Waals surface area contributed by atoms with E-state index in [0.29, 0.717) is 22.4 Å². The topological polar surface area (TPSA) is 81.2 Å². The molecular formula is C19H14ClN3O3. The minimum absolute atomic E-state index is 0.0590. The fourth-order valence-electron chi connectivity index (χ4n) is 2.24. The molecule has 26 heavy (non-hydrogen) atoms. The van der Waals surface area contributed by atoms with Crippen LogP contribution in [0.3, 0.4) is 0 Å². The number of ether oxygens (including phenoxy) is 2. The number of hydrogen-bond acceptors (Lipinski definition) is 6. The summed E-state index contributed by atoms with van der Waals surface area (Å²) in [5.41, 5.74) is 1.60. The lowest BCUT2D eigenvalue weighted by Crippen LogP contribution is -1.96. The maximum Gasteiger partial charge on any atom is 0.269 e. The summed E-state index contributed by atoms with van der Waals surface area (Å²) in [6.45, 7) is -0.0590. The second-order valence-corrected chi connectivity index (χ2v) is 5.55. The van der Waals surface area contributed by atoms with Gasteiger partial charge in [-0.2, -0.15) is 10.2 Å². The average Bonchev–Trinajstić information content (AvgIpc) is 3.18. The Kier molecular flexibility index (Phi) is 5.52. The van der Waals surface area contributed by atoms with Crippen LogP contribution >= 0.6 is 11.6 Å². The standard InChI is InChI=1S/C19H14ClN3O3/c1-24-17-12-13(7-8-16(17)25-10-9-21)11-15(20)19-22-18(23-26-19)14-5-3-2-4-6-14/h2-8,11-12H,10H2,1H3/b15-11-. The lowest BCUT2D eigenvalue weighted by atomic mass is 10.2. The predicted molar refractivity (Wildman–Crippen MR) is 97.6 cm³/mol. The Hall–Kier alpha value is -3.30. The third-order valence-corrected chi connectivity index (χ3v) is 3.71. The van der Waals surface area contributed by atoms with Crippen LogP contribution in [-0.2, 0) is 0 Å². The molecule has 0 fully saturated rings. The van der Waals surface area contributed by atoms with E-state index in [4.69, 9.17) is 30.9 Å². The van der Waals surface area contributed by atoms with Crippen molar-refractivity contribution in [2.45, 2.75) is 0 Å². The molecule has 0 spiro atoms. The van der Waals surface area contributed by atoms with Gasteiger partial charge in [0.05, 0.1) is 7.11 Å². The van der Waals surface area contributed by atoms with E-state index in [-0.39, 0.29) is 12.5 Å². The number of hydrogen-bond donors (Lipinski definition) is 0. The van der Waals surface area contributed by atoms with E-state index >= 15 is 0 Å². The largest absolute Gasteiger partial charge is 0.493 e. The van der Waals surface area contributed by atoms with Gasteiger partial charge in [0.2, 0.25) is 5.82 Å². The van der Waals surface area contributed by atoms with Crippen molar-refractivity contribution in [3.8, 4) is 29.0 Å². The van der Waals surface area contributed by atoms with E-state index in [1.807, 2.05) is 36.4 Å². The molecule has 0 aliphatic rings. The molecule has 0 aliphatic heterocycles. The molecule has 0 saturated carbocycles. The number of methoxy groups -OCH3 is 1. The molecule has 3 aromatic rings. The highest BCUT2D eigenvalue weighted by atomic mass is 35.5. The minimum Gasteiger partial charge on any atom is -0.493 e. The van der Waals surface area contributed by atoms with Gasteiger partial charge in [-0.3, -0.25) is 0 Å². The third-order valence-electron chi connectivity index (χ3n) is 3.44. The van der Waals surface area contributed by atoms with Gasteiger partial charge in [0.1, 0.15) is 11.1 Å².